The Morgan fingerprint density at radius 1 is 0.846 bits per heavy atom. The fourth-order valence-corrected chi connectivity index (χ4v) is 2.94. The zero-order chi connectivity index (χ0) is 18.2. The first kappa shape index (κ1) is 17.5. The number of hydrogen-bond donors (Lipinski definition) is 2. The highest BCUT2D eigenvalue weighted by Crippen LogP contribution is 2.15. The van der Waals surface area contributed by atoms with Crippen LogP contribution in [0.2, 0.25) is 0 Å². The number of allylic oxidation sites excluding steroid dienone is 4. The van der Waals surface area contributed by atoms with Gasteiger partial charge in [-0.25, -0.2) is 0 Å². The Balaban J connectivity index is 1.56. The van der Waals surface area contributed by atoms with Gasteiger partial charge in [0, 0.05) is 38.6 Å². The van der Waals surface area contributed by atoms with Gasteiger partial charge < -0.3 is 20.2 Å². The quantitative estimate of drug-likeness (QED) is 0.470. The van der Waals surface area contributed by atoms with Crippen molar-refractivity contribution in [1.82, 2.24) is 9.80 Å². The Labute approximate surface area is 153 Å². The summed E-state index contributed by atoms with van der Waals surface area (Å²) >= 11 is 0. The van der Waals surface area contributed by atoms with Crippen molar-refractivity contribution < 1.29 is 10.4 Å². The summed E-state index contributed by atoms with van der Waals surface area (Å²) in [6, 6.07) is 8.58. The van der Waals surface area contributed by atoms with Crippen LogP contribution in [0.1, 0.15) is 11.1 Å². The third-order valence-electron chi connectivity index (χ3n) is 4.25. The molecule has 134 valence electrons. The van der Waals surface area contributed by atoms with E-state index in [2.05, 4.69) is 44.4 Å². The Morgan fingerprint density at radius 2 is 1.35 bits per heavy atom. The number of rotatable bonds is 6. The third-order valence-corrected chi connectivity index (χ3v) is 4.25. The van der Waals surface area contributed by atoms with E-state index in [1.165, 1.54) is 23.6 Å². The zero-order valence-corrected chi connectivity index (χ0v) is 14.4. The molecule has 3 rings (SSSR count). The largest absolute Gasteiger partial charge is 0.411 e. The van der Waals surface area contributed by atoms with Crippen molar-refractivity contribution in [3.05, 3.63) is 83.2 Å². The highest BCUT2D eigenvalue weighted by molar-refractivity contribution is 5.82. The molecular weight excluding hydrogens is 328 g/mol. The van der Waals surface area contributed by atoms with Gasteiger partial charge in [0.25, 0.3) is 0 Å². The first-order valence-electron chi connectivity index (χ1n) is 8.44. The zero-order valence-electron chi connectivity index (χ0n) is 14.4. The Kier molecular flexibility index (Phi) is 5.88. The minimum atomic E-state index is 0.789. The lowest BCUT2D eigenvalue weighted by Crippen LogP contribution is -2.21. The first-order chi connectivity index (χ1) is 12.8. The molecule has 2 aliphatic rings. The molecule has 0 unspecified atom stereocenters. The molecule has 0 saturated heterocycles. The predicted molar refractivity (Wildman–Crippen MR) is 102 cm³/mol. The van der Waals surface area contributed by atoms with Crippen LogP contribution >= 0.6 is 0 Å². The minimum Gasteiger partial charge on any atom is -0.411 e. The van der Waals surface area contributed by atoms with E-state index in [0.717, 1.165) is 37.3 Å². The van der Waals surface area contributed by atoms with Crippen LogP contribution in [-0.2, 0) is 13.1 Å². The van der Waals surface area contributed by atoms with E-state index in [0.29, 0.717) is 0 Å². The topological polar surface area (TPSA) is 71.7 Å². The summed E-state index contributed by atoms with van der Waals surface area (Å²) in [5.74, 6) is 0. The van der Waals surface area contributed by atoms with E-state index in [-0.39, 0.29) is 0 Å². The summed E-state index contributed by atoms with van der Waals surface area (Å²) in [5.41, 5.74) is 4.33. The van der Waals surface area contributed by atoms with Crippen molar-refractivity contribution in [2.24, 2.45) is 10.3 Å². The van der Waals surface area contributed by atoms with Gasteiger partial charge in [0.1, 0.15) is 0 Å². The van der Waals surface area contributed by atoms with Gasteiger partial charge in [0.15, 0.2) is 0 Å². The van der Waals surface area contributed by atoms with Gasteiger partial charge in [-0.3, -0.25) is 0 Å². The maximum absolute atomic E-state index is 8.58. The third kappa shape index (κ3) is 4.86. The van der Waals surface area contributed by atoms with Crippen LogP contribution in [0.25, 0.3) is 0 Å². The van der Waals surface area contributed by atoms with Crippen molar-refractivity contribution in [1.29, 1.82) is 0 Å². The van der Waals surface area contributed by atoms with Crippen LogP contribution in [-0.4, -0.2) is 45.7 Å². The molecular formula is C20H22N4O2. The van der Waals surface area contributed by atoms with E-state index in [1.54, 1.807) is 0 Å². The Hall–Kier alpha value is -3.28. The van der Waals surface area contributed by atoms with E-state index in [9.17, 15) is 0 Å². The van der Waals surface area contributed by atoms with Gasteiger partial charge in [-0.1, -0.05) is 46.7 Å². The molecule has 6 heteroatoms. The summed E-state index contributed by atoms with van der Waals surface area (Å²) in [5, 5.41) is 23.3. The monoisotopic (exact) mass is 350 g/mol. The van der Waals surface area contributed by atoms with E-state index < -0.39 is 0 Å². The normalized spacial score (nSPS) is 17.2. The summed E-state index contributed by atoms with van der Waals surface area (Å²) in [6.07, 6.45) is 14.8. The SMILES string of the molecule is ON=CC1=CCN(Cc2cccc(CN3C=CC(C=NO)=CC3)c2)C=C1. The molecule has 0 atom stereocenters. The molecule has 1 aromatic rings. The van der Waals surface area contributed by atoms with Crippen LogP contribution in [0, 0.1) is 0 Å². The van der Waals surface area contributed by atoms with Gasteiger partial charge in [-0.2, -0.15) is 0 Å². The number of hydrogen-bond acceptors (Lipinski definition) is 6. The second kappa shape index (κ2) is 8.71. The summed E-state index contributed by atoms with van der Waals surface area (Å²) < 4.78 is 0. The van der Waals surface area contributed by atoms with Crippen molar-refractivity contribution in [2.45, 2.75) is 13.1 Å². The van der Waals surface area contributed by atoms with Crippen LogP contribution in [0.3, 0.4) is 0 Å². The minimum absolute atomic E-state index is 0.789. The van der Waals surface area contributed by atoms with Crippen LogP contribution in [0.5, 0.6) is 0 Å². The fraction of sp³-hybridized carbons (Fsp3) is 0.200. The summed E-state index contributed by atoms with van der Waals surface area (Å²) in [4.78, 5) is 4.41. The molecule has 0 amide bonds. The Morgan fingerprint density at radius 3 is 1.73 bits per heavy atom. The lowest BCUT2D eigenvalue weighted by atomic mass is 10.1. The standard InChI is InChI=1S/C20H22N4O2/c25-21-13-17-4-8-23(9-5-17)15-19-2-1-3-20(12-19)16-24-10-6-18(7-11-24)14-22-26/h1-8,10,12-14,25-26H,9,11,15-16H2. The fourth-order valence-electron chi connectivity index (χ4n) is 2.94. The van der Waals surface area contributed by atoms with E-state index in [1.807, 2.05) is 36.7 Å². The molecule has 2 heterocycles. The van der Waals surface area contributed by atoms with E-state index in [4.69, 9.17) is 10.4 Å². The molecule has 0 bridgehead atoms. The second-order valence-corrected chi connectivity index (χ2v) is 6.21. The molecule has 0 aromatic heterocycles. The maximum atomic E-state index is 8.58. The van der Waals surface area contributed by atoms with Gasteiger partial charge in [-0.05, 0) is 34.4 Å². The van der Waals surface area contributed by atoms with Crippen LogP contribution in [0.4, 0.5) is 0 Å². The molecule has 1 aromatic carbocycles. The molecule has 2 aliphatic heterocycles. The molecule has 26 heavy (non-hydrogen) atoms. The molecule has 0 saturated carbocycles. The molecule has 0 spiro atoms. The smallest absolute Gasteiger partial charge is 0.0731 e. The summed E-state index contributed by atoms with van der Waals surface area (Å²) in [6.45, 7) is 3.24. The van der Waals surface area contributed by atoms with E-state index >= 15 is 0 Å². The first-order valence-corrected chi connectivity index (χ1v) is 8.44. The van der Waals surface area contributed by atoms with Gasteiger partial charge in [0.2, 0.25) is 0 Å². The predicted octanol–water partition coefficient (Wildman–Crippen LogP) is 3.12. The van der Waals surface area contributed by atoms with Crippen LogP contribution in [0.15, 0.2) is 82.4 Å². The average molecular weight is 350 g/mol. The molecule has 0 aliphatic carbocycles. The van der Waals surface area contributed by atoms with Gasteiger partial charge in [-0.15, -0.1) is 0 Å². The van der Waals surface area contributed by atoms with Gasteiger partial charge in [0.05, 0.1) is 12.4 Å². The number of oxime groups is 2. The van der Waals surface area contributed by atoms with Crippen LogP contribution < -0.4 is 0 Å². The van der Waals surface area contributed by atoms with Crippen molar-refractivity contribution >= 4 is 12.4 Å². The number of benzene rings is 1. The highest BCUT2D eigenvalue weighted by atomic mass is 16.4. The van der Waals surface area contributed by atoms with Crippen molar-refractivity contribution in [2.75, 3.05) is 13.1 Å². The lowest BCUT2D eigenvalue weighted by molar-refractivity contribution is 0.321. The highest BCUT2D eigenvalue weighted by Gasteiger charge is 2.08. The molecule has 0 radical (unpaired) electrons. The molecule has 0 fully saturated rings. The maximum Gasteiger partial charge on any atom is 0.0731 e. The molecule has 2 N–H and O–H groups in total. The number of nitrogens with zero attached hydrogens (tertiary/aromatic N) is 4. The second-order valence-electron chi connectivity index (χ2n) is 6.21. The van der Waals surface area contributed by atoms with Gasteiger partial charge >= 0.3 is 0 Å². The Bertz CT molecular complexity index is 743. The average Bonchev–Trinajstić information content (AvgIpc) is 2.66. The summed E-state index contributed by atoms with van der Waals surface area (Å²) in [7, 11) is 0. The van der Waals surface area contributed by atoms with Crippen molar-refractivity contribution in [3.63, 3.8) is 0 Å². The molecule has 6 nitrogen and oxygen atoms in total. The van der Waals surface area contributed by atoms with Crippen molar-refractivity contribution in [3.8, 4) is 0 Å². The lowest BCUT2D eigenvalue weighted by Gasteiger charge is -2.24.